The van der Waals surface area contributed by atoms with Crippen LogP contribution in [-0.2, 0) is 7.05 Å². The average Bonchev–Trinajstić information content (AvgIpc) is 2.67. The number of nitrogens with one attached hydrogen (secondary N) is 1. The lowest BCUT2D eigenvalue weighted by Gasteiger charge is -2.21. The number of nitrogens with zero attached hydrogens (tertiary/aromatic N) is 3. The molecule has 1 unspecified atom stereocenters. The van der Waals surface area contributed by atoms with Gasteiger partial charge in [0.05, 0.1) is 11.7 Å². The number of rotatable bonds is 5. The monoisotopic (exact) mass is 272 g/mol. The fourth-order valence-corrected chi connectivity index (χ4v) is 2.64. The van der Waals surface area contributed by atoms with Crippen molar-refractivity contribution in [1.29, 1.82) is 0 Å². The molecule has 0 fully saturated rings. The maximum atomic E-state index is 4.55. The summed E-state index contributed by atoms with van der Waals surface area (Å²) in [6.45, 7) is 9.50. The number of aryl methyl sites for hydroxylation is 3. The molecule has 108 valence electrons. The van der Waals surface area contributed by atoms with Crippen molar-refractivity contribution in [3.05, 3.63) is 46.5 Å². The van der Waals surface area contributed by atoms with Gasteiger partial charge >= 0.3 is 0 Å². The SMILES string of the molecule is CCCNC(c1cnccc1C)c1c(C)nn(C)c1C. The van der Waals surface area contributed by atoms with Crippen LogP contribution < -0.4 is 5.32 Å². The molecule has 0 saturated carbocycles. The molecule has 0 spiro atoms. The van der Waals surface area contributed by atoms with Gasteiger partial charge in [-0.15, -0.1) is 0 Å². The molecule has 0 saturated heterocycles. The van der Waals surface area contributed by atoms with E-state index >= 15 is 0 Å². The number of hydrogen-bond acceptors (Lipinski definition) is 3. The topological polar surface area (TPSA) is 42.7 Å². The zero-order chi connectivity index (χ0) is 14.7. The van der Waals surface area contributed by atoms with Gasteiger partial charge in [0.1, 0.15) is 0 Å². The van der Waals surface area contributed by atoms with Gasteiger partial charge in [-0.25, -0.2) is 0 Å². The Morgan fingerprint density at radius 1 is 1.30 bits per heavy atom. The minimum atomic E-state index is 0.164. The maximum absolute atomic E-state index is 4.55. The Morgan fingerprint density at radius 3 is 2.60 bits per heavy atom. The van der Waals surface area contributed by atoms with Gasteiger partial charge in [-0.2, -0.15) is 5.10 Å². The van der Waals surface area contributed by atoms with Crippen LogP contribution >= 0.6 is 0 Å². The van der Waals surface area contributed by atoms with Crippen LogP contribution in [-0.4, -0.2) is 21.3 Å². The lowest BCUT2D eigenvalue weighted by Crippen LogP contribution is -2.25. The third-order valence-electron chi connectivity index (χ3n) is 3.84. The summed E-state index contributed by atoms with van der Waals surface area (Å²) in [7, 11) is 2.00. The van der Waals surface area contributed by atoms with E-state index in [4.69, 9.17) is 0 Å². The molecule has 0 bridgehead atoms. The summed E-state index contributed by atoms with van der Waals surface area (Å²) in [5.41, 5.74) is 6.06. The Balaban J connectivity index is 2.50. The molecule has 4 nitrogen and oxygen atoms in total. The highest BCUT2D eigenvalue weighted by Gasteiger charge is 2.22. The molecule has 1 atom stereocenters. The van der Waals surface area contributed by atoms with Gasteiger partial charge in [0, 0.05) is 30.7 Å². The summed E-state index contributed by atoms with van der Waals surface area (Å²) in [5, 5.41) is 8.20. The van der Waals surface area contributed by atoms with Crippen molar-refractivity contribution in [2.45, 2.75) is 40.2 Å². The van der Waals surface area contributed by atoms with Crippen LogP contribution in [0.2, 0.25) is 0 Å². The van der Waals surface area contributed by atoms with E-state index in [0.29, 0.717) is 0 Å². The van der Waals surface area contributed by atoms with Crippen molar-refractivity contribution < 1.29 is 0 Å². The van der Waals surface area contributed by atoms with Crippen LogP contribution in [0.5, 0.6) is 0 Å². The van der Waals surface area contributed by atoms with Gasteiger partial charge in [-0.3, -0.25) is 9.67 Å². The summed E-state index contributed by atoms with van der Waals surface area (Å²) in [4.78, 5) is 4.30. The van der Waals surface area contributed by atoms with Crippen LogP contribution in [0.15, 0.2) is 18.5 Å². The van der Waals surface area contributed by atoms with E-state index < -0.39 is 0 Å². The fourth-order valence-electron chi connectivity index (χ4n) is 2.64. The molecule has 2 aromatic heterocycles. The highest BCUT2D eigenvalue weighted by atomic mass is 15.3. The molecular weight excluding hydrogens is 248 g/mol. The van der Waals surface area contributed by atoms with E-state index in [1.165, 1.54) is 22.4 Å². The van der Waals surface area contributed by atoms with Crippen molar-refractivity contribution in [3.63, 3.8) is 0 Å². The first kappa shape index (κ1) is 14.7. The van der Waals surface area contributed by atoms with E-state index in [-0.39, 0.29) is 6.04 Å². The largest absolute Gasteiger partial charge is 0.306 e. The molecule has 0 aromatic carbocycles. The Bertz CT molecular complexity index is 586. The molecule has 0 aliphatic rings. The van der Waals surface area contributed by atoms with Crippen molar-refractivity contribution in [1.82, 2.24) is 20.1 Å². The van der Waals surface area contributed by atoms with Gasteiger partial charge in [-0.1, -0.05) is 6.92 Å². The lowest BCUT2D eigenvalue weighted by atomic mass is 9.95. The van der Waals surface area contributed by atoms with Crippen molar-refractivity contribution in [2.24, 2.45) is 7.05 Å². The van der Waals surface area contributed by atoms with Gasteiger partial charge < -0.3 is 5.32 Å². The van der Waals surface area contributed by atoms with E-state index in [0.717, 1.165) is 18.7 Å². The molecule has 2 aromatic rings. The molecule has 0 aliphatic heterocycles. The molecule has 0 amide bonds. The second-order valence-electron chi connectivity index (χ2n) is 5.33. The van der Waals surface area contributed by atoms with Crippen LogP contribution in [0.1, 0.15) is 47.5 Å². The predicted molar refractivity (Wildman–Crippen MR) is 81.8 cm³/mol. The second-order valence-corrected chi connectivity index (χ2v) is 5.33. The number of aromatic nitrogens is 3. The summed E-state index contributed by atoms with van der Waals surface area (Å²) in [6, 6.07) is 2.23. The molecule has 2 heterocycles. The first-order valence-corrected chi connectivity index (χ1v) is 7.20. The van der Waals surface area contributed by atoms with E-state index in [1.807, 2.05) is 24.1 Å². The summed E-state index contributed by atoms with van der Waals surface area (Å²) in [6.07, 6.45) is 4.92. The fraction of sp³-hybridized carbons (Fsp3) is 0.500. The van der Waals surface area contributed by atoms with Gasteiger partial charge in [0.15, 0.2) is 0 Å². The molecule has 0 radical (unpaired) electrons. The van der Waals surface area contributed by atoms with Gasteiger partial charge in [0.25, 0.3) is 0 Å². The zero-order valence-electron chi connectivity index (χ0n) is 13.1. The highest BCUT2D eigenvalue weighted by Crippen LogP contribution is 2.28. The molecule has 2 rings (SSSR count). The Morgan fingerprint density at radius 2 is 2.05 bits per heavy atom. The van der Waals surface area contributed by atoms with E-state index in [2.05, 4.69) is 49.2 Å². The summed E-state index contributed by atoms with van der Waals surface area (Å²) in [5.74, 6) is 0. The highest BCUT2D eigenvalue weighted by molar-refractivity contribution is 5.39. The second kappa shape index (κ2) is 6.18. The van der Waals surface area contributed by atoms with Crippen LogP contribution in [0.3, 0.4) is 0 Å². The van der Waals surface area contributed by atoms with Crippen LogP contribution in [0.4, 0.5) is 0 Å². The standard InChI is InChI=1S/C16H24N4/c1-6-8-18-16(14-10-17-9-7-11(14)2)15-12(3)19-20(5)13(15)4/h7,9-10,16,18H,6,8H2,1-5H3. The maximum Gasteiger partial charge on any atom is 0.0647 e. The third-order valence-corrected chi connectivity index (χ3v) is 3.84. The zero-order valence-corrected chi connectivity index (χ0v) is 13.1. The van der Waals surface area contributed by atoms with Crippen molar-refractivity contribution in [3.8, 4) is 0 Å². The number of pyridine rings is 1. The lowest BCUT2D eigenvalue weighted by molar-refractivity contribution is 0.589. The predicted octanol–water partition coefficient (Wildman–Crippen LogP) is 2.83. The average molecular weight is 272 g/mol. The van der Waals surface area contributed by atoms with Crippen molar-refractivity contribution in [2.75, 3.05) is 6.54 Å². The minimum absolute atomic E-state index is 0.164. The molecule has 20 heavy (non-hydrogen) atoms. The van der Waals surface area contributed by atoms with Crippen LogP contribution in [0.25, 0.3) is 0 Å². The smallest absolute Gasteiger partial charge is 0.0647 e. The molecular formula is C16H24N4. The van der Waals surface area contributed by atoms with Crippen molar-refractivity contribution >= 4 is 0 Å². The Hall–Kier alpha value is -1.68. The van der Waals surface area contributed by atoms with E-state index in [1.54, 1.807) is 0 Å². The van der Waals surface area contributed by atoms with Gasteiger partial charge in [-0.05, 0) is 50.9 Å². The third kappa shape index (κ3) is 2.75. The number of hydrogen-bond donors (Lipinski definition) is 1. The van der Waals surface area contributed by atoms with E-state index in [9.17, 15) is 0 Å². The first-order chi connectivity index (χ1) is 9.56. The molecule has 1 N–H and O–H groups in total. The summed E-state index contributed by atoms with van der Waals surface area (Å²) >= 11 is 0. The Labute approximate surface area is 121 Å². The van der Waals surface area contributed by atoms with Gasteiger partial charge in [0.2, 0.25) is 0 Å². The summed E-state index contributed by atoms with van der Waals surface area (Å²) < 4.78 is 1.96. The minimum Gasteiger partial charge on any atom is -0.306 e. The molecule has 4 heteroatoms. The van der Waals surface area contributed by atoms with Crippen LogP contribution in [0, 0.1) is 20.8 Å². The molecule has 0 aliphatic carbocycles. The quantitative estimate of drug-likeness (QED) is 0.910. The Kier molecular flexibility index (Phi) is 4.55. The normalized spacial score (nSPS) is 12.7. The first-order valence-electron chi connectivity index (χ1n) is 7.20.